The Hall–Kier alpha value is -2.17. The Morgan fingerprint density at radius 2 is 2.00 bits per heavy atom. The molecule has 3 aromatic rings. The Labute approximate surface area is 174 Å². The minimum absolute atomic E-state index is 0.127. The molecule has 1 amide bonds. The van der Waals surface area contributed by atoms with E-state index in [1.807, 2.05) is 31.2 Å². The molecule has 0 atom stereocenters. The number of nitrogens with zero attached hydrogens (tertiary/aromatic N) is 3. The Kier molecular flexibility index (Phi) is 6.30. The van der Waals surface area contributed by atoms with Crippen molar-refractivity contribution in [3.8, 4) is 11.3 Å². The fourth-order valence-corrected chi connectivity index (χ4v) is 3.33. The van der Waals surface area contributed by atoms with Crippen molar-refractivity contribution in [1.82, 2.24) is 20.2 Å². The van der Waals surface area contributed by atoms with Gasteiger partial charge in [0.25, 0.3) is 5.91 Å². The largest absolute Gasteiger partial charge is 0.451 e. The average Bonchev–Trinajstić information content (AvgIpc) is 3.25. The molecule has 0 bridgehead atoms. The Balaban J connectivity index is 1.66. The zero-order valence-corrected chi connectivity index (χ0v) is 17.7. The SMILES string of the molecule is CCSc1nnc(C)n1NC(=S)NC(=O)c1ccc(-c2ccc(Br)cc2)o1. The van der Waals surface area contributed by atoms with Crippen molar-refractivity contribution in [2.45, 2.75) is 19.0 Å². The van der Waals surface area contributed by atoms with Crippen molar-refractivity contribution < 1.29 is 9.21 Å². The van der Waals surface area contributed by atoms with Crippen LogP contribution in [-0.2, 0) is 0 Å². The van der Waals surface area contributed by atoms with Crippen LogP contribution in [0.2, 0.25) is 0 Å². The number of halogens is 1. The standard InChI is InChI=1S/C17H16BrN5O2S2/c1-3-27-17-21-20-10(2)23(17)22-16(26)19-15(24)14-9-8-13(25-14)11-4-6-12(18)7-5-11/h4-9H,3H2,1-2H3,(H2,19,22,24,26). The summed E-state index contributed by atoms with van der Waals surface area (Å²) in [6.45, 7) is 3.81. The van der Waals surface area contributed by atoms with Crippen LogP contribution < -0.4 is 10.7 Å². The number of amides is 1. The van der Waals surface area contributed by atoms with Gasteiger partial charge in [0.15, 0.2) is 10.9 Å². The van der Waals surface area contributed by atoms with Gasteiger partial charge >= 0.3 is 0 Å². The minimum atomic E-state index is -0.439. The van der Waals surface area contributed by atoms with E-state index in [4.69, 9.17) is 16.6 Å². The molecule has 10 heteroatoms. The normalized spacial score (nSPS) is 10.6. The van der Waals surface area contributed by atoms with Gasteiger partial charge in [0.05, 0.1) is 0 Å². The van der Waals surface area contributed by atoms with Gasteiger partial charge in [-0.05, 0) is 49.2 Å². The summed E-state index contributed by atoms with van der Waals surface area (Å²) in [5.41, 5.74) is 3.79. The lowest BCUT2D eigenvalue weighted by Gasteiger charge is -2.12. The fraction of sp³-hybridized carbons (Fsp3) is 0.176. The molecule has 0 aliphatic rings. The van der Waals surface area contributed by atoms with Gasteiger partial charge < -0.3 is 4.42 Å². The molecule has 0 aliphatic heterocycles. The first-order chi connectivity index (χ1) is 13.0. The number of furan rings is 1. The van der Waals surface area contributed by atoms with E-state index in [0.29, 0.717) is 16.7 Å². The summed E-state index contributed by atoms with van der Waals surface area (Å²) in [7, 11) is 0. The molecular weight excluding hydrogens is 450 g/mol. The minimum Gasteiger partial charge on any atom is -0.451 e. The maximum absolute atomic E-state index is 12.4. The zero-order valence-electron chi connectivity index (χ0n) is 14.5. The predicted octanol–water partition coefficient (Wildman–Crippen LogP) is 3.98. The third kappa shape index (κ3) is 4.76. The van der Waals surface area contributed by atoms with Gasteiger partial charge in [0.2, 0.25) is 5.16 Å². The van der Waals surface area contributed by atoms with Gasteiger partial charge in [-0.2, -0.15) is 0 Å². The molecule has 7 nitrogen and oxygen atoms in total. The van der Waals surface area contributed by atoms with E-state index in [1.54, 1.807) is 23.7 Å². The van der Waals surface area contributed by atoms with Crippen LogP contribution in [-0.4, -0.2) is 31.6 Å². The molecule has 3 rings (SSSR count). The van der Waals surface area contributed by atoms with Crippen LogP contribution in [0.15, 0.2) is 50.4 Å². The smallest absolute Gasteiger partial charge is 0.293 e. The van der Waals surface area contributed by atoms with Crippen LogP contribution >= 0.6 is 39.9 Å². The second kappa shape index (κ2) is 8.68. The first kappa shape index (κ1) is 19.6. The highest BCUT2D eigenvalue weighted by molar-refractivity contribution is 9.10. The van der Waals surface area contributed by atoms with Gasteiger partial charge in [-0.15, -0.1) is 10.2 Å². The average molecular weight is 466 g/mol. The lowest BCUT2D eigenvalue weighted by atomic mass is 10.2. The third-order valence-corrected chi connectivity index (χ3v) is 5.00. The second-order valence-electron chi connectivity index (χ2n) is 5.36. The summed E-state index contributed by atoms with van der Waals surface area (Å²) >= 11 is 10.1. The highest BCUT2D eigenvalue weighted by Gasteiger charge is 2.15. The Morgan fingerprint density at radius 1 is 1.26 bits per heavy atom. The molecule has 27 heavy (non-hydrogen) atoms. The van der Waals surface area contributed by atoms with Gasteiger partial charge in [0.1, 0.15) is 11.6 Å². The summed E-state index contributed by atoms with van der Waals surface area (Å²) < 4.78 is 8.24. The molecule has 2 N–H and O–H groups in total. The van der Waals surface area contributed by atoms with E-state index in [9.17, 15) is 4.79 Å². The third-order valence-electron chi connectivity index (χ3n) is 3.47. The predicted molar refractivity (Wildman–Crippen MR) is 112 cm³/mol. The van der Waals surface area contributed by atoms with E-state index in [1.165, 1.54) is 11.8 Å². The lowest BCUT2D eigenvalue weighted by molar-refractivity contribution is 0.0951. The maximum Gasteiger partial charge on any atom is 0.293 e. The fourth-order valence-electron chi connectivity index (χ4n) is 2.22. The van der Waals surface area contributed by atoms with Gasteiger partial charge in [-0.25, -0.2) is 4.68 Å². The Bertz CT molecular complexity index is 968. The van der Waals surface area contributed by atoms with Gasteiger partial charge in [-0.1, -0.05) is 46.7 Å². The number of carbonyl (C=O) groups is 1. The summed E-state index contributed by atoms with van der Waals surface area (Å²) in [5, 5.41) is 11.5. The number of thioether (sulfide) groups is 1. The van der Waals surface area contributed by atoms with Crippen molar-refractivity contribution in [3.05, 3.63) is 52.5 Å². The van der Waals surface area contributed by atoms with Crippen LogP contribution in [0.1, 0.15) is 23.3 Å². The van der Waals surface area contributed by atoms with E-state index in [0.717, 1.165) is 15.8 Å². The monoisotopic (exact) mass is 465 g/mol. The molecule has 0 fully saturated rings. The summed E-state index contributed by atoms with van der Waals surface area (Å²) in [5.74, 6) is 1.80. The molecule has 0 aliphatic carbocycles. The van der Waals surface area contributed by atoms with Crippen molar-refractivity contribution in [1.29, 1.82) is 0 Å². The number of benzene rings is 1. The van der Waals surface area contributed by atoms with Crippen LogP contribution in [0, 0.1) is 6.92 Å². The van der Waals surface area contributed by atoms with Crippen molar-refractivity contribution in [3.63, 3.8) is 0 Å². The van der Waals surface area contributed by atoms with Crippen LogP contribution in [0.3, 0.4) is 0 Å². The molecule has 0 spiro atoms. The second-order valence-corrected chi connectivity index (χ2v) is 7.92. The first-order valence-corrected chi connectivity index (χ1v) is 10.2. The highest BCUT2D eigenvalue weighted by Crippen LogP contribution is 2.24. The van der Waals surface area contributed by atoms with Crippen LogP contribution in [0.5, 0.6) is 0 Å². The van der Waals surface area contributed by atoms with Crippen LogP contribution in [0.25, 0.3) is 11.3 Å². The maximum atomic E-state index is 12.4. The van der Waals surface area contributed by atoms with Crippen molar-refractivity contribution >= 4 is 50.9 Å². The molecule has 0 radical (unpaired) electrons. The molecular formula is C17H16BrN5O2S2. The summed E-state index contributed by atoms with van der Waals surface area (Å²) in [4.78, 5) is 12.4. The van der Waals surface area contributed by atoms with E-state index < -0.39 is 5.91 Å². The number of nitrogens with one attached hydrogen (secondary N) is 2. The van der Waals surface area contributed by atoms with Gasteiger partial charge in [-0.3, -0.25) is 15.5 Å². The van der Waals surface area contributed by atoms with E-state index in [-0.39, 0.29) is 10.9 Å². The number of aryl methyl sites for hydroxylation is 1. The quantitative estimate of drug-likeness (QED) is 0.435. The number of rotatable bonds is 5. The molecule has 2 heterocycles. The van der Waals surface area contributed by atoms with Gasteiger partial charge in [0, 0.05) is 10.0 Å². The molecule has 0 saturated carbocycles. The molecule has 2 aromatic heterocycles. The Morgan fingerprint density at radius 3 is 2.70 bits per heavy atom. The molecule has 1 aromatic carbocycles. The number of aromatic nitrogens is 3. The van der Waals surface area contributed by atoms with Crippen LogP contribution in [0.4, 0.5) is 0 Å². The number of hydrogen-bond acceptors (Lipinski definition) is 6. The molecule has 140 valence electrons. The van der Waals surface area contributed by atoms with Crippen molar-refractivity contribution in [2.24, 2.45) is 0 Å². The molecule has 0 saturated heterocycles. The zero-order chi connectivity index (χ0) is 19.4. The number of thiocarbonyl (C=S) groups is 1. The topological polar surface area (TPSA) is 85.0 Å². The highest BCUT2D eigenvalue weighted by atomic mass is 79.9. The summed E-state index contributed by atoms with van der Waals surface area (Å²) in [6.07, 6.45) is 0. The number of hydrogen-bond donors (Lipinski definition) is 2. The summed E-state index contributed by atoms with van der Waals surface area (Å²) in [6, 6.07) is 11.0. The van der Waals surface area contributed by atoms with E-state index >= 15 is 0 Å². The molecule has 0 unspecified atom stereocenters. The van der Waals surface area contributed by atoms with Crippen molar-refractivity contribution in [2.75, 3.05) is 11.2 Å². The van der Waals surface area contributed by atoms with E-state index in [2.05, 4.69) is 36.9 Å². The first-order valence-electron chi connectivity index (χ1n) is 8.01. The number of carbonyl (C=O) groups excluding carboxylic acids is 1. The lowest BCUT2D eigenvalue weighted by Crippen LogP contribution is -2.38.